The molecule has 3 nitrogen and oxygen atoms in total. The Morgan fingerprint density at radius 3 is 2.82 bits per heavy atom. The van der Waals surface area contributed by atoms with Gasteiger partial charge in [0, 0.05) is 25.7 Å². The van der Waals surface area contributed by atoms with Crippen LogP contribution in [0.3, 0.4) is 0 Å². The first-order chi connectivity index (χ1) is 8.25. The number of hydrogen-bond acceptors (Lipinski definition) is 3. The summed E-state index contributed by atoms with van der Waals surface area (Å²) in [5.74, 6) is 0.983. The fourth-order valence-electron chi connectivity index (χ4n) is 2.04. The summed E-state index contributed by atoms with van der Waals surface area (Å²) in [6, 6.07) is 6.83. The van der Waals surface area contributed by atoms with E-state index in [2.05, 4.69) is 42.7 Å². The maximum Gasteiger partial charge on any atom is 0.119 e. The van der Waals surface area contributed by atoms with Crippen LogP contribution in [0.15, 0.2) is 18.2 Å². The average molecular weight is 234 g/mol. The molecule has 0 aromatic heterocycles. The Bertz CT molecular complexity index is 359. The van der Waals surface area contributed by atoms with Crippen molar-refractivity contribution < 1.29 is 4.74 Å². The molecule has 17 heavy (non-hydrogen) atoms. The lowest BCUT2D eigenvalue weighted by Gasteiger charge is -2.24. The fraction of sp³-hybridized carbons (Fsp3) is 0.571. The van der Waals surface area contributed by atoms with Crippen molar-refractivity contribution in [2.75, 3.05) is 26.2 Å². The maximum atomic E-state index is 5.78. The summed E-state index contributed by atoms with van der Waals surface area (Å²) < 4.78 is 5.78. The third-order valence-electron chi connectivity index (χ3n) is 3.34. The van der Waals surface area contributed by atoms with Crippen LogP contribution in [-0.2, 0) is 0 Å². The molecule has 1 heterocycles. The summed E-state index contributed by atoms with van der Waals surface area (Å²) in [5.41, 5.74) is 2.61. The van der Waals surface area contributed by atoms with Crippen LogP contribution >= 0.6 is 0 Å². The third kappa shape index (κ3) is 3.72. The lowest BCUT2D eigenvalue weighted by molar-refractivity contribution is 0.273. The monoisotopic (exact) mass is 234 g/mol. The van der Waals surface area contributed by atoms with E-state index in [1.807, 2.05) is 0 Å². The maximum absolute atomic E-state index is 5.78. The van der Waals surface area contributed by atoms with Gasteiger partial charge in [0.15, 0.2) is 0 Å². The normalized spacial score (nSPS) is 20.2. The molecule has 1 fully saturated rings. The predicted octanol–water partition coefficient (Wildman–Crippen LogP) is 1.63. The Morgan fingerprint density at radius 1 is 1.24 bits per heavy atom. The second kappa shape index (κ2) is 6.03. The Kier molecular flexibility index (Phi) is 4.40. The summed E-state index contributed by atoms with van der Waals surface area (Å²) >= 11 is 0. The first kappa shape index (κ1) is 12.4. The van der Waals surface area contributed by atoms with E-state index in [0.29, 0.717) is 6.04 Å². The molecule has 1 aliphatic heterocycles. The van der Waals surface area contributed by atoms with Crippen LogP contribution in [0.5, 0.6) is 5.75 Å². The first-order valence-electron chi connectivity index (χ1n) is 6.40. The lowest BCUT2D eigenvalue weighted by atomic mass is 10.1. The SMILES string of the molecule is Cc1ccc(OCCC2CNCCN2)cc1C. The van der Waals surface area contributed by atoms with E-state index < -0.39 is 0 Å². The second-order valence-electron chi connectivity index (χ2n) is 4.74. The molecule has 94 valence electrons. The molecule has 0 aliphatic carbocycles. The molecule has 1 saturated heterocycles. The number of rotatable bonds is 4. The summed E-state index contributed by atoms with van der Waals surface area (Å²) in [6.07, 6.45) is 1.06. The van der Waals surface area contributed by atoms with Gasteiger partial charge in [-0.15, -0.1) is 0 Å². The highest BCUT2D eigenvalue weighted by molar-refractivity contribution is 5.33. The van der Waals surface area contributed by atoms with Crippen molar-refractivity contribution in [2.24, 2.45) is 0 Å². The molecule has 1 aliphatic rings. The van der Waals surface area contributed by atoms with E-state index in [-0.39, 0.29) is 0 Å². The highest BCUT2D eigenvalue weighted by atomic mass is 16.5. The van der Waals surface area contributed by atoms with Gasteiger partial charge < -0.3 is 15.4 Å². The molecule has 1 unspecified atom stereocenters. The van der Waals surface area contributed by atoms with Gasteiger partial charge in [0.2, 0.25) is 0 Å². The van der Waals surface area contributed by atoms with Crippen molar-refractivity contribution in [2.45, 2.75) is 26.3 Å². The molecule has 3 heteroatoms. The minimum atomic E-state index is 0.551. The van der Waals surface area contributed by atoms with E-state index in [1.165, 1.54) is 11.1 Å². The van der Waals surface area contributed by atoms with Crippen LogP contribution in [0.2, 0.25) is 0 Å². The number of hydrogen-bond donors (Lipinski definition) is 2. The van der Waals surface area contributed by atoms with Crippen molar-refractivity contribution in [3.63, 3.8) is 0 Å². The molecule has 1 aromatic carbocycles. The van der Waals surface area contributed by atoms with Gasteiger partial charge in [-0.25, -0.2) is 0 Å². The first-order valence-corrected chi connectivity index (χ1v) is 6.40. The van der Waals surface area contributed by atoms with Crippen LogP contribution in [0.25, 0.3) is 0 Å². The lowest BCUT2D eigenvalue weighted by Crippen LogP contribution is -2.48. The van der Waals surface area contributed by atoms with Gasteiger partial charge in [-0.05, 0) is 43.5 Å². The number of aryl methyl sites for hydroxylation is 2. The molecule has 2 N–H and O–H groups in total. The molecule has 1 aromatic rings. The van der Waals surface area contributed by atoms with Crippen molar-refractivity contribution in [1.29, 1.82) is 0 Å². The van der Waals surface area contributed by atoms with Gasteiger partial charge in [-0.1, -0.05) is 6.07 Å². The van der Waals surface area contributed by atoms with Gasteiger partial charge >= 0.3 is 0 Å². The Labute approximate surface area is 104 Å². The van der Waals surface area contributed by atoms with Gasteiger partial charge in [-0.2, -0.15) is 0 Å². The van der Waals surface area contributed by atoms with Gasteiger partial charge in [-0.3, -0.25) is 0 Å². The highest BCUT2D eigenvalue weighted by Gasteiger charge is 2.11. The van der Waals surface area contributed by atoms with Crippen LogP contribution < -0.4 is 15.4 Å². The average Bonchev–Trinajstić information content (AvgIpc) is 2.35. The third-order valence-corrected chi connectivity index (χ3v) is 3.34. The Hall–Kier alpha value is -1.06. The minimum absolute atomic E-state index is 0.551. The van der Waals surface area contributed by atoms with Gasteiger partial charge in [0.1, 0.15) is 5.75 Å². The van der Waals surface area contributed by atoms with E-state index >= 15 is 0 Å². The summed E-state index contributed by atoms with van der Waals surface area (Å²) in [7, 11) is 0. The number of nitrogens with one attached hydrogen (secondary N) is 2. The second-order valence-corrected chi connectivity index (χ2v) is 4.74. The zero-order valence-corrected chi connectivity index (χ0v) is 10.8. The van der Waals surface area contributed by atoms with E-state index in [9.17, 15) is 0 Å². The molecule has 0 radical (unpaired) electrons. The minimum Gasteiger partial charge on any atom is -0.494 e. The van der Waals surface area contributed by atoms with Crippen LogP contribution in [0, 0.1) is 13.8 Å². The van der Waals surface area contributed by atoms with E-state index in [4.69, 9.17) is 4.74 Å². The van der Waals surface area contributed by atoms with Gasteiger partial charge in [0.25, 0.3) is 0 Å². The molecule has 0 spiro atoms. The van der Waals surface area contributed by atoms with Crippen LogP contribution in [-0.4, -0.2) is 32.3 Å². The van der Waals surface area contributed by atoms with Crippen LogP contribution in [0.1, 0.15) is 17.5 Å². The Balaban J connectivity index is 1.75. The topological polar surface area (TPSA) is 33.3 Å². The molecular weight excluding hydrogens is 212 g/mol. The largest absolute Gasteiger partial charge is 0.494 e. The number of piperazine rings is 1. The van der Waals surface area contributed by atoms with E-state index in [1.54, 1.807) is 0 Å². The standard InChI is InChI=1S/C14H22N2O/c1-11-3-4-14(9-12(11)2)17-8-5-13-10-15-6-7-16-13/h3-4,9,13,15-16H,5-8,10H2,1-2H3. The summed E-state index contributed by atoms with van der Waals surface area (Å²) in [5, 5.41) is 6.87. The molecule has 1 atom stereocenters. The summed E-state index contributed by atoms with van der Waals surface area (Å²) in [6.45, 7) is 8.21. The fourth-order valence-corrected chi connectivity index (χ4v) is 2.04. The van der Waals surface area contributed by atoms with Gasteiger partial charge in [0.05, 0.1) is 6.61 Å². The van der Waals surface area contributed by atoms with Crippen LogP contribution in [0.4, 0.5) is 0 Å². The molecule has 2 rings (SSSR count). The smallest absolute Gasteiger partial charge is 0.119 e. The van der Waals surface area contributed by atoms with Crippen molar-refractivity contribution in [3.8, 4) is 5.75 Å². The highest BCUT2D eigenvalue weighted by Crippen LogP contribution is 2.16. The number of benzene rings is 1. The van der Waals surface area contributed by atoms with Crippen molar-refractivity contribution in [1.82, 2.24) is 10.6 Å². The number of ether oxygens (including phenoxy) is 1. The molecule has 0 saturated carbocycles. The zero-order chi connectivity index (χ0) is 12.1. The van der Waals surface area contributed by atoms with Crippen molar-refractivity contribution >= 4 is 0 Å². The molecule has 0 amide bonds. The molecule has 0 bridgehead atoms. The summed E-state index contributed by atoms with van der Waals surface area (Å²) in [4.78, 5) is 0. The zero-order valence-electron chi connectivity index (χ0n) is 10.8. The van der Waals surface area contributed by atoms with E-state index in [0.717, 1.165) is 38.4 Å². The molecular formula is C14H22N2O. The quantitative estimate of drug-likeness (QED) is 0.831. The van der Waals surface area contributed by atoms with Crippen molar-refractivity contribution in [3.05, 3.63) is 29.3 Å². The predicted molar refractivity (Wildman–Crippen MR) is 70.7 cm³/mol. The Morgan fingerprint density at radius 2 is 2.12 bits per heavy atom.